The van der Waals surface area contributed by atoms with Gasteiger partial charge in [0.2, 0.25) is 5.43 Å². The highest BCUT2D eigenvalue weighted by Gasteiger charge is 2.36. The molecule has 33 heavy (non-hydrogen) atoms. The van der Waals surface area contributed by atoms with E-state index in [1.165, 1.54) is 24.3 Å². The lowest BCUT2D eigenvalue weighted by Crippen LogP contribution is -2.23. The molecule has 9 heteroatoms. The highest BCUT2D eigenvalue weighted by atomic mass is 19.2. The standard InChI is InChI=1S/C24H13F3O6/c25-15-6-5-12(21(26)22(15)27)13-7-18(30)33-17-8-16(29)20-23(31)14(9-32-24(20)19(13)17)10-1-3-11(28)4-2-10/h1-6,8-9,13,28-29H,7H2. The van der Waals surface area contributed by atoms with Gasteiger partial charge in [0.15, 0.2) is 17.5 Å². The number of benzene rings is 3. The molecule has 166 valence electrons. The first-order chi connectivity index (χ1) is 15.8. The van der Waals surface area contributed by atoms with Gasteiger partial charge in [-0.1, -0.05) is 18.2 Å². The Hall–Kier alpha value is -4.27. The van der Waals surface area contributed by atoms with E-state index in [1.807, 2.05) is 0 Å². The fourth-order valence-corrected chi connectivity index (χ4v) is 4.05. The number of halogens is 3. The van der Waals surface area contributed by atoms with E-state index in [9.17, 15) is 33.0 Å². The Balaban J connectivity index is 1.79. The Morgan fingerprint density at radius 2 is 1.67 bits per heavy atom. The minimum Gasteiger partial charge on any atom is -0.508 e. The Morgan fingerprint density at radius 3 is 2.39 bits per heavy atom. The number of phenolic OH excluding ortho intramolecular Hbond substituents is 2. The summed E-state index contributed by atoms with van der Waals surface area (Å²) in [6.45, 7) is 0. The van der Waals surface area contributed by atoms with Gasteiger partial charge in [-0.2, -0.15) is 0 Å². The number of fused-ring (bicyclic) bond motifs is 3. The maximum absolute atomic E-state index is 14.6. The van der Waals surface area contributed by atoms with Crippen LogP contribution in [0.3, 0.4) is 0 Å². The number of phenols is 2. The summed E-state index contributed by atoms with van der Waals surface area (Å²) in [6.07, 6.45) is 0.685. The van der Waals surface area contributed by atoms with Crippen molar-refractivity contribution in [1.29, 1.82) is 0 Å². The molecule has 5 rings (SSSR count). The first kappa shape index (κ1) is 20.6. The third kappa shape index (κ3) is 3.20. The van der Waals surface area contributed by atoms with Gasteiger partial charge in [0.1, 0.15) is 34.5 Å². The van der Waals surface area contributed by atoms with Crippen molar-refractivity contribution in [3.05, 3.63) is 87.5 Å². The predicted molar refractivity (Wildman–Crippen MR) is 110 cm³/mol. The predicted octanol–water partition coefficient (Wildman–Crippen LogP) is 4.73. The third-order valence-electron chi connectivity index (χ3n) is 5.59. The molecule has 1 aromatic heterocycles. The second-order valence-corrected chi connectivity index (χ2v) is 7.53. The number of esters is 1. The highest BCUT2D eigenvalue weighted by molar-refractivity contribution is 5.94. The highest BCUT2D eigenvalue weighted by Crippen LogP contribution is 2.46. The molecule has 0 saturated heterocycles. The molecule has 0 bridgehead atoms. The molecule has 1 aliphatic heterocycles. The summed E-state index contributed by atoms with van der Waals surface area (Å²) >= 11 is 0. The minimum absolute atomic E-state index is 0.0148. The Bertz CT molecular complexity index is 1510. The summed E-state index contributed by atoms with van der Waals surface area (Å²) < 4.78 is 52.8. The van der Waals surface area contributed by atoms with Crippen LogP contribution in [0.25, 0.3) is 22.1 Å². The zero-order chi connectivity index (χ0) is 23.4. The largest absolute Gasteiger partial charge is 0.508 e. The molecular weight excluding hydrogens is 441 g/mol. The van der Waals surface area contributed by atoms with E-state index >= 15 is 0 Å². The van der Waals surface area contributed by atoms with Gasteiger partial charge in [0.25, 0.3) is 0 Å². The van der Waals surface area contributed by atoms with E-state index in [4.69, 9.17) is 9.15 Å². The molecule has 2 heterocycles. The molecule has 6 nitrogen and oxygen atoms in total. The number of hydrogen-bond acceptors (Lipinski definition) is 6. The molecule has 0 amide bonds. The van der Waals surface area contributed by atoms with Gasteiger partial charge < -0.3 is 19.4 Å². The topological polar surface area (TPSA) is 97.0 Å². The number of carbonyl (C=O) groups is 1. The normalized spacial score (nSPS) is 15.4. The zero-order valence-corrected chi connectivity index (χ0v) is 16.6. The van der Waals surface area contributed by atoms with Crippen molar-refractivity contribution >= 4 is 16.9 Å². The van der Waals surface area contributed by atoms with Crippen LogP contribution in [0.4, 0.5) is 13.2 Å². The quantitative estimate of drug-likeness (QED) is 0.258. The number of hydrogen-bond donors (Lipinski definition) is 2. The van der Waals surface area contributed by atoms with E-state index in [2.05, 4.69) is 0 Å². The van der Waals surface area contributed by atoms with Crippen LogP contribution in [-0.4, -0.2) is 16.2 Å². The van der Waals surface area contributed by atoms with Gasteiger partial charge in [-0.3, -0.25) is 9.59 Å². The second kappa shape index (κ2) is 7.40. The first-order valence-electron chi connectivity index (χ1n) is 9.71. The Labute approximate surface area is 183 Å². The van der Waals surface area contributed by atoms with E-state index in [-0.39, 0.29) is 39.2 Å². The summed E-state index contributed by atoms with van der Waals surface area (Å²) in [5.41, 5.74) is -0.634. The van der Waals surface area contributed by atoms with Crippen molar-refractivity contribution in [1.82, 2.24) is 0 Å². The second-order valence-electron chi connectivity index (χ2n) is 7.53. The number of carbonyl (C=O) groups excluding carboxylic acids is 1. The Kier molecular flexibility index (Phi) is 4.63. The molecule has 0 saturated carbocycles. The molecule has 0 radical (unpaired) electrons. The van der Waals surface area contributed by atoms with Crippen molar-refractivity contribution in [2.45, 2.75) is 12.3 Å². The van der Waals surface area contributed by atoms with E-state index in [1.54, 1.807) is 0 Å². The number of rotatable bonds is 2. The van der Waals surface area contributed by atoms with Gasteiger partial charge in [-0.05, 0) is 29.3 Å². The van der Waals surface area contributed by atoms with Crippen molar-refractivity contribution in [3.63, 3.8) is 0 Å². The van der Waals surface area contributed by atoms with E-state index < -0.39 is 46.9 Å². The molecule has 1 atom stereocenters. The van der Waals surface area contributed by atoms with E-state index in [0.717, 1.165) is 24.5 Å². The maximum Gasteiger partial charge on any atom is 0.312 e. The van der Waals surface area contributed by atoms with Gasteiger partial charge in [-0.15, -0.1) is 0 Å². The van der Waals surface area contributed by atoms with Crippen LogP contribution in [0.2, 0.25) is 0 Å². The number of aromatic hydroxyl groups is 2. The van der Waals surface area contributed by atoms with Crippen molar-refractivity contribution in [2.75, 3.05) is 0 Å². The molecule has 3 aromatic carbocycles. The SMILES string of the molecule is O=C1CC(c2ccc(F)c(F)c2F)c2c(cc(O)c3c(=O)c(-c4ccc(O)cc4)coc23)O1. The smallest absolute Gasteiger partial charge is 0.312 e. The summed E-state index contributed by atoms with van der Waals surface area (Å²) in [5, 5.41) is 19.7. The van der Waals surface area contributed by atoms with Crippen LogP contribution in [-0.2, 0) is 4.79 Å². The average molecular weight is 454 g/mol. The van der Waals surface area contributed by atoms with Crippen LogP contribution in [0.5, 0.6) is 17.2 Å². The lowest BCUT2D eigenvalue weighted by molar-refractivity contribution is -0.135. The van der Waals surface area contributed by atoms with Gasteiger partial charge >= 0.3 is 5.97 Å². The fraction of sp³-hybridized carbons (Fsp3) is 0.0833. The summed E-state index contributed by atoms with van der Waals surface area (Å²) in [4.78, 5) is 25.4. The van der Waals surface area contributed by atoms with Gasteiger partial charge in [-0.25, -0.2) is 13.2 Å². The van der Waals surface area contributed by atoms with Gasteiger partial charge in [0, 0.05) is 17.5 Å². The maximum atomic E-state index is 14.6. The zero-order valence-electron chi connectivity index (χ0n) is 16.6. The van der Waals surface area contributed by atoms with Crippen LogP contribution >= 0.6 is 0 Å². The molecule has 0 fully saturated rings. The monoisotopic (exact) mass is 454 g/mol. The van der Waals surface area contributed by atoms with Crippen LogP contribution in [0, 0.1) is 17.5 Å². The number of ether oxygens (including phenoxy) is 1. The fourth-order valence-electron chi connectivity index (χ4n) is 4.05. The van der Waals surface area contributed by atoms with E-state index in [0.29, 0.717) is 5.56 Å². The van der Waals surface area contributed by atoms with Crippen LogP contribution in [0.15, 0.2) is 57.9 Å². The first-order valence-corrected chi connectivity index (χ1v) is 9.71. The van der Waals surface area contributed by atoms with Crippen molar-refractivity contribution < 1.29 is 37.3 Å². The summed E-state index contributed by atoms with van der Waals surface area (Å²) in [5.74, 6) is -7.28. The van der Waals surface area contributed by atoms with Gasteiger partial charge in [0.05, 0.1) is 12.0 Å². The van der Waals surface area contributed by atoms with Crippen LogP contribution in [0.1, 0.15) is 23.5 Å². The van der Waals surface area contributed by atoms with Crippen molar-refractivity contribution in [3.8, 4) is 28.4 Å². The minimum atomic E-state index is -1.70. The molecule has 4 aromatic rings. The van der Waals surface area contributed by atoms with Crippen molar-refractivity contribution in [2.24, 2.45) is 0 Å². The lowest BCUT2D eigenvalue weighted by atomic mass is 9.84. The third-order valence-corrected chi connectivity index (χ3v) is 5.59. The molecule has 2 N–H and O–H groups in total. The molecule has 0 spiro atoms. The molecule has 0 aliphatic carbocycles. The average Bonchev–Trinajstić information content (AvgIpc) is 2.77. The summed E-state index contributed by atoms with van der Waals surface area (Å²) in [7, 11) is 0. The summed E-state index contributed by atoms with van der Waals surface area (Å²) in [6, 6.07) is 8.45. The molecule has 1 aliphatic rings. The molecule has 1 unspecified atom stereocenters. The lowest BCUT2D eigenvalue weighted by Gasteiger charge is -2.26. The molecular formula is C24H13F3O6. The van der Waals surface area contributed by atoms with Crippen LogP contribution < -0.4 is 10.2 Å². The Morgan fingerprint density at radius 1 is 0.939 bits per heavy atom.